The fourth-order valence-electron chi connectivity index (χ4n) is 3.28. The number of rotatable bonds is 6. The van der Waals surface area contributed by atoms with E-state index < -0.39 is 0 Å². The number of aromatic amines is 1. The molecule has 3 N–H and O–H groups in total. The fourth-order valence-corrected chi connectivity index (χ4v) is 3.50. The molecule has 0 aliphatic rings. The molecule has 4 heterocycles. The Kier molecular flexibility index (Phi) is 5.37. The Bertz CT molecular complexity index is 1390. The number of imidazole rings is 1. The normalized spacial score (nSPS) is 10.7. The average molecular weight is 506 g/mol. The van der Waals surface area contributed by atoms with Gasteiger partial charge < -0.3 is 0 Å². The summed E-state index contributed by atoms with van der Waals surface area (Å²) in [4.78, 5) is 21.4. The van der Waals surface area contributed by atoms with Crippen LogP contribution in [0.3, 0.4) is 0 Å². The quantitative estimate of drug-likeness (QED) is 0.300. The summed E-state index contributed by atoms with van der Waals surface area (Å²) in [5.41, 5.74) is 8.49. The van der Waals surface area contributed by atoms with Crippen molar-refractivity contribution in [2.75, 3.05) is 10.7 Å². The van der Waals surface area contributed by atoms with Gasteiger partial charge in [-0.2, -0.15) is 5.10 Å². The van der Waals surface area contributed by atoms with Crippen LogP contribution in [0.25, 0.3) is 28.2 Å². The summed E-state index contributed by atoms with van der Waals surface area (Å²) < 4.78 is 5.65. The third-order valence-electron chi connectivity index (χ3n) is 4.88. The summed E-state index contributed by atoms with van der Waals surface area (Å²) in [6.07, 6.45) is 7.00. The molecule has 0 saturated carbocycles. The molecule has 0 unspecified atom stereocenters. The van der Waals surface area contributed by atoms with E-state index in [1.165, 1.54) is 6.20 Å². The van der Waals surface area contributed by atoms with Gasteiger partial charge in [0.15, 0.2) is 0 Å². The van der Waals surface area contributed by atoms with Crippen LogP contribution in [0, 0.1) is 0 Å². The van der Waals surface area contributed by atoms with Gasteiger partial charge in [-0.05, 0) is 11.6 Å². The molecular formula is C22H16N8OTc+2. The Hall–Kier alpha value is -4.01. The summed E-state index contributed by atoms with van der Waals surface area (Å²) >= 11 is 1.83. The Morgan fingerprint density at radius 2 is 1.84 bits per heavy atom. The van der Waals surface area contributed by atoms with Crippen LogP contribution >= 0.6 is 0 Å². The van der Waals surface area contributed by atoms with E-state index in [1.54, 1.807) is 18.3 Å². The second-order valence-corrected chi connectivity index (χ2v) is 7.36. The predicted octanol–water partition coefficient (Wildman–Crippen LogP) is 4.10. The van der Waals surface area contributed by atoms with E-state index in [4.69, 9.17) is 0 Å². The third-order valence-corrected chi connectivity index (χ3v) is 5.09. The molecule has 9 nitrogen and oxygen atoms in total. The van der Waals surface area contributed by atoms with Gasteiger partial charge in [0, 0.05) is 11.8 Å². The van der Waals surface area contributed by atoms with Crippen LogP contribution in [0.2, 0.25) is 0 Å². The van der Waals surface area contributed by atoms with Gasteiger partial charge in [-0.1, -0.05) is 24.3 Å². The van der Waals surface area contributed by atoms with E-state index >= 15 is 0 Å². The van der Waals surface area contributed by atoms with Crippen LogP contribution in [0.4, 0.5) is 11.5 Å². The molecule has 1 aromatic carbocycles. The Labute approximate surface area is 192 Å². The number of carbonyl (C=O) groups excluding carboxylic acids is 1. The van der Waals surface area contributed by atoms with Crippen molar-refractivity contribution >= 4 is 23.1 Å². The minimum atomic E-state index is -0.246. The van der Waals surface area contributed by atoms with Crippen LogP contribution in [-0.2, 0) is 18.7 Å². The number of anilines is 2. The standard InChI is InChI=1S/C22H16N8O.Tc/c23-28-20-7-5-16(11-24-20)22(31)26-17-6-8-21-27-19(13-30(21)12-17)15-3-1-14(2-4-15)18-9-10-25-29-18;/h1-13H,(H,24,28)(H,25,29)(H,26,31);/q;+2. The van der Waals surface area contributed by atoms with Crippen molar-refractivity contribution < 1.29 is 23.5 Å². The average Bonchev–Trinajstić information content (AvgIpc) is 3.50. The first-order chi connectivity index (χ1) is 15.7. The number of fused-ring (bicyclic) bond motifs is 1. The molecule has 4 aromatic heterocycles. The van der Waals surface area contributed by atoms with Crippen LogP contribution in [0.5, 0.6) is 0 Å². The monoisotopic (exact) mass is 505 g/mol. The van der Waals surface area contributed by atoms with Gasteiger partial charge >= 0.3 is 119 Å². The van der Waals surface area contributed by atoms with E-state index in [0.717, 1.165) is 28.2 Å². The van der Waals surface area contributed by atoms with Gasteiger partial charge in [0.2, 0.25) is 0 Å². The second kappa shape index (κ2) is 8.62. The molecule has 0 fully saturated rings. The van der Waals surface area contributed by atoms with Gasteiger partial charge in [0.1, 0.15) is 0 Å². The molecule has 155 valence electrons. The molecule has 0 bridgehead atoms. The van der Waals surface area contributed by atoms with Crippen LogP contribution in [-0.4, -0.2) is 30.5 Å². The number of H-pyrrole nitrogens is 1. The number of nitrogens with one attached hydrogen (secondary N) is 3. The number of amides is 1. The van der Waals surface area contributed by atoms with Crippen LogP contribution in [0.15, 0.2) is 83.1 Å². The number of carbonyl (C=O) groups is 1. The number of aromatic nitrogens is 5. The van der Waals surface area contributed by atoms with E-state index in [1.807, 2.05) is 78.0 Å². The van der Waals surface area contributed by atoms with Crippen molar-refractivity contribution in [1.82, 2.24) is 24.6 Å². The second-order valence-electron chi connectivity index (χ2n) is 6.94. The van der Waals surface area contributed by atoms with Crippen LogP contribution < -0.4 is 10.7 Å². The van der Waals surface area contributed by atoms with Gasteiger partial charge in [-0.25, -0.2) is 4.98 Å². The summed E-state index contributed by atoms with van der Waals surface area (Å²) in [7, 11) is 0. The molecule has 0 aliphatic heterocycles. The molecule has 32 heavy (non-hydrogen) atoms. The molecule has 0 spiro atoms. The minimum absolute atomic E-state index is 0.246. The number of pyridine rings is 2. The first-order valence-corrected chi connectivity index (χ1v) is 10.5. The number of benzene rings is 1. The topological polar surface area (TPSA) is 112 Å². The summed E-state index contributed by atoms with van der Waals surface area (Å²) in [6.45, 7) is 0. The summed E-state index contributed by atoms with van der Waals surface area (Å²) in [6, 6.07) is 17.1. The first kappa shape index (κ1) is 19.9. The number of nitrogens with zero attached hydrogens (tertiary/aromatic N) is 5. The molecular weight excluding hydrogens is 490 g/mol. The van der Waals surface area contributed by atoms with Gasteiger partial charge in [0.25, 0.3) is 0 Å². The molecule has 0 radical (unpaired) electrons. The molecule has 0 saturated heterocycles. The SMILES string of the molecule is O=C(Nc1ccc2nc(-c3ccc(-c4ccn[nH]4)cc3)cn2c1)c1ccc(N[N]=[Tc+2])nc1. The maximum atomic E-state index is 12.5. The summed E-state index contributed by atoms with van der Waals surface area (Å²) in [5.74, 6) is 0.324. The van der Waals surface area contributed by atoms with E-state index in [2.05, 4.69) is 34.6 Å². The molecule has 0 aliphatic carbocycles. The van der Waals surface area contributed by atoms with E-state index in [9.17, 15) is 4.79 Å². The fraction of sp³-hybridized carbons (Fsp3) is 0. The van der Waals surface area contributed by atoms with Crippen molar-refractivity contribution in [2.24, 2.45) is 3.72 Å². The van der Waals surface area contributed by atoms with Gasteiger partial charge in [-0.15, -0.1) is 0 Å². The number of hydrogen-bond donors (Lipinski definition) is 3. The van der Waals surface area contributed by atoms with Crippen molar-refractivity contribution in [1.29, 1.82) is 0 Å². The van der Waals surface area contributed by atoms with Gasteiger partial charge in [0.05, 0.1) is 11.4 Å². The van der Waals surface area contributed by atoms with Crippen molar-refractivity contribution in [3.8, 4) is 22.5 Å². The molecule has 1 amide bonds. The Morgan fingerprint density at radius 1 is 1.00 bits per heavy atom. The number of hydrogen-bond acceptors (Lipinski definition) is 6. The van der Waals surface area contributed by atoms with Crippen molar-refractivity contribution in [3.05, 3.63) is 84.9 Å². The van der Waals surface area contributed by atoms with E-state index in [-0.39, 0.29) is 5.91 Å². The Morgan fingerprint density at radius 3 is 2.56 bits per heavy atom. The third kappa shape index (κ3) is 4.09. The summed E-state index contributed by atoms with van der Waals surface area (Å²) in [5, 5.41) is 9.84. The zero-order valence-electron chi connectivity index (χ0n) is 16.5. The van der Waals surface area contributed by atoms with Crippen molar-refractivity contribution in [2.45, 2.75) is 0 Å². The predicted molar refractivity (Wildman–Crippen MR) is 116 cm³/mol. The Balaban J connectivity index is 1.34. The van der Waals surface area contributed by atoms with Crippen LogP contribution in [0.1, 0.15) is 10.4 Å². The molecule has 10 heteroatoms. The molecule has 5 aromatic rings. The molecule has 0 atom stereocenters. The zero-order chi connectivity index (χ0) is 21.9. The van der Waals surface area contributed by atoms with Crippen molar-refractivity contribution in [3.63, 3.8) is 0 Å². The van der Waals surface area contributed by atoms with Gasteiger partial charge in [-0.3, -0.25) is 5.10 Å². The van der Waals surface area contributed by atoms with E-state index in [0.29, 0.717) is 17.1 Å². The first-order valence-electron chi connectivity index (χ1n) is 9.63. The zero-order valence-corrected chi connectivity index (χ0v) is 18.4. The molecule has 5 rings (SSSR count). The maximum absolute atomic E-state index is 12.5.